The van der Waals surface area contributed by atoms with Crippen LogP contribution in [0.2, 0.25) is 0 Å². The van der Waals surface area contributed by atoms with Crippen LogP contribution in [0.3, 0.4) is 0 Å². The van der Waals surface area contributed by atoms with Crippen molar-refractivity contribution in [1.82, 2.24) is 0 Å². The summed E-state index contributed by atoms with van der Waals surface area (Å²) in [5.41, 5.74) is 22.5. The Morgan fingerprint density at radius 1 is 0.284 bits per heavy atom. The fourth-order valence-corrected chi connectivity index (χ4v) is 23.5. The summed E-state index contributed by atoms with van der Waals surface area (Å²) in [6.45, 7) is 7.72. The first kappa shape index (κ1) is 55.0. The number of thioether (sulfide) groups is 3. The predicted molar refractivity (Wildman–Crippen MR) is 384 cm³/mol. The monoisotopic (exact) mass is 1200 g/mol. The highest BCUT2D eigenvalue weighted by Crippen LogP contribution is 2.69. The minimum atomic E-state index is -0.0770. The molecule has 438 valence electrons. The second-order valence-corrected chi connectivity index (χ2v) is 30.4. The summed E-state index contributed by atoms with van der Waals surface area (Å²) in [6.07, 6.45) is 21.6. The lowest BCUT2D eigenvalue weighted by molar-refractivity contribution is 0.262. The summed E-state index contributed by atoms with van der Waals surface area (Å²) in [5.74, 6) is 0. The first-order valence-electron chi connectivity index (χ1n) is 32.6. The lowest BCUT2D eigenvalue weighted by Crippen LogP contribution is -2.54. The van der Waals surface area contributed by atoms with E-state index in [9.17, 15) is 0 Å². The Kier molecular flexibility index (Phi) is 12.6. The minimum absolute atomic E-state index is 0.0574. The maximum absolute atomic E-state index is 2.74. The van der Waals surface area contributed by atoms with E-state index in [1.165, 1.54) is 166 Å². The van der Waals surface area contributed by atoms with Crippen LogP contribution in [0, 0.1) is 0 Å². The molecule has 3 saturated carbocycles. The number of fused-ring (bicyclic) bond motifs is 9. The van der Waals surface area contributed by atoms with Gasteiger partial charge in [-0.15, -0.1) is 0 Å². The Morgan fingerprint density at radius 3 is 0.852 bits per heavy atom. The molecule has 17 rings (SSSR count). The van der Waals surface area contributed by atoms with Crippen LogP contribution in [-0.2, 0) is 14.2 Å². The summed E-state index contributed by atoms with van der Waals surface area (Å²) in [5, 5.41) is 7.98. The van der Waals surface area contributed by atoms with Crippen molar-refractivity contribution in [3.63, 3.8) is 0 Å². The van der Waals surface area contributed by atoms with Crippen molar-refractivity contribution in [2.75, 3.05) is 33.5 Å². The van der Waals surface area contributed by atoms with E-state index in [-0.39, 0.29) is 30.9 Å². The van der Waals surface area contributed by atoms with Crippen molar-refractivity contribution in [2.45, 2.75) is 129 Å². The van der Waals surface area contributed by atoms with Gasteiger partial charge in [0.25, 0.3) is 0 Å². The molecule has 0 amide bonds. The molecule has 3 aliphatic carbocycles. The quantitative estimate of drug-likeness (QED) is 0.125. The Labute approximate surface area is 533 Å². The van der Waals surface area contributed by atoms with Crippen LogP contribution in [0.15, 0.2) is 212 Å². The molecule has 6 unspecified atom stereocenters. The average Bonchev–Trinajstić information content (AvgIpc) is 1.35. The molecule has 0 bridgehead atoms. The standard InChI is InChI=1S/C82H77N3S3/c1-77-43-19-22-46-80(77,86-4)69-49-55(33-40-72(69)83(77)58-27-13-8-14-28-58)66-52-65(54-25-11-7-12-26-54)61-36-37-63-67(56-34-41-73-70(50-56)81(87-5)47-23-20-44-78(81,2)84(73)59-29-15-9-16-30-59)53-68(64-39-38-62(66)75(61)76(63)64)57-35-42-74-71(51-57)82(88-6)48-24-21-45-79(82,3)85(74)60-31-17-10-18-32-60/h7-18,25-42,49-53H,19-24,43-48H2,1-6H3. The van der Waals surface area contributed by atoms with Crippen molar-refractivity contribution in [2.24, 2.45) is 0 Å². The fourth-order valence-electron chi connectivity index (χ4n) is 19.4. The number of rotatable bonds is 10. The molecule has 11 aromatic carbocycles. The number of benzene rings is 11. The Morgan fingerprint density at radius 2 is 0.557 bits per heavy atom. The molecule has 0 spiro atoms. The van der Waals surface area contributed by atoms with E-state index in [4.69, 9.17) is 0 Å². The maximum Gasteiger partial charge on any atom is 0.0658 e. The average molecular weight is 1200 g/mol. The second-order valence-electron chi connectivity index (χ2n) is 27.1. The van der Waals surface area contributed by atoms with Crippen LogP contribution in [0.4, 0.5) is 34.1 Å². The van der Waals surface area contributed by atoms with Gasteiger partial charge in [-0.05, 0) is 257 Å². The number of hydrogen-bond donors (Lipinski definition) is 0. The Hall–Kier alpha value is -7.09. The Balaban J connectivity index is 0.952. The predicted octanol–water partition coefficient (Wildman–Crippen LogP) is 23.4. The van der Waals surface area contributed by atoms with Crippen molar-refractivity contribution in [1.29, 1.82) is 0 Å². The Bertz CT molecular complexity index is 4420. The van der Waals surface area contributed by atoms with Crippen molar-refractivity contribution in [3.05, 3.63) is 229 Å². The molecule has 3 fully saturated rings. The molecule has 3 nitrogen and oxygen atoms in total. The second kappa shape index (κ2) is 20.2. The van der Waals surface area contributed by atoms with Gasteiger partial charge in [0.15, 0.2) is 0 Å². The molecule has 11 aromatic rings. The van der Waals surface area contributed by atoms with Gasteiger partial charge in [-0.2, -0.15) is 35.3 Å². The van der Waals surface area contributed by atoms with Crippen LogP contribution in [0.1, 0.15) is 115 Å². The smallest absolute Gasteiger partial charge is 0.0658 e. The van der Waals surface area contributed by atoms with E-state index in [0.717, 1.165) is 38.5 Å². The van der Waals surface area contributed by atoms with Gasteiger partial charge in [-0.1, -0.05) is 166 Å². The SMILES string of the molecule is CSC12CCCCC1(C)N(c1ccccc1)c1ccc(-c3cc(-c4ccccc4)c4ccc5c(-c6ccc7c(c6)C6(SC)CCCCC6(C)N7c6ccccc6)cc(-c6ccc7c(c6)C6(SC)CCCCC6(C)N7c6ccccc6)c6ccc3c4c56)cc12. The first-order chi connectivity index (χ1) is 43.0. The van der Waals surface area contributed by atoms with Crippen molar-refractivity contribution >= 4 is 102 Å². The van der Waals surface area contributed by atoms with Crippen LogP contribution < -0.4 is 14.7 Å². The number of nitrogens with zero attached hydrogens (tertiary/aromatic N) is 3. The highest BCUT2D eigenvalue weighted by molar-refractivity contribution is 8.00. The highest BCUT2D eigenvalue weighted by atomic mass is 32.2. The van der Waals surface area contributed by atoms with Crippen LogP contribution in [0.5, 0.6) is 0 Å². The number of para-hydroxylation sites is 3. The molecule has 0 N–H and O–H groups in total. The van der Waals surface area contributed by atoms with Gasteiger partial charge in [0.2, 0.25) is 0 Å². The van der Waals surface area contributed by atoms with E-state index < -0.39 is 0 Å². The third kappa shape index (κ3) is 7.26. The molecule has 3 heterocycles. The molecular formula is C82H77N3S3. The van der Waals surface area contributed by atoms with E-state index >= 15 is 0 Å². The van der Waals surface area contributed by atoms with Gasteiger partial charge in [-0.3, -0.25) is 0 Å². The molecule has 6 heteroatoms. The van der Waals surface area contributed by atoms with Gasteiger partial charge >= 0.3 is 0 Å². The zero-order valence-corrected chi connectivity index (χ0v) is 54.2. The lowest BCUT2D eigenvalue weighted by Gasteiger charge is -2.51. The van der Waals surface area contributed by atoms with E-state index in [0.29, 0.717) is 0 Å². The molecule has 0 radical (unpaired) electrons. The van der Waals surface area contributed by atoms with Crippen LogP contribution >= 0.6 is 35.3 Å². The zero-order chi connectivity index (χ0) is 59.4. The first-order valence-corrected chi connectivity index (χ1v) is 36.2. The summed E-state index contributed by atoms with van der Waals surface area (Å²) in [4.78, 5) is 8.20. The van der Waals surface area contributed by atoms with Crippen molar-refractivity contribution in [3.8, 4) is 44.5 Å². The molecule has 6 aliphatic rings. The van der Waals surface area contributed by atoms with Gasteiger partial charge in [0.1, 0.15) is 0 Å². The number of anilines is 6. The molecule has 0 saturated heterocycles. The van der Waals surface area contributed by atoms with Gasteiger partial charge in [0.05, 0.1) is 30.9 Å². The van der Waals surface area contributed by atoms with Gasteiger partial charge < -0.3 is 14.7 Å². The summed E-state index contributed by atoms with van der Waals surface area (Å²) in [6, 6.07) is 83.2. The maximum atomic E-state index is 2.74. The van der Waals surface area contributed by atoms with Gasteiger partial charge in [-0.25, -0.2) is 0 Å². The minimum Gasteiger partial charge on any atom is -0.334 e. The summed E-state index contributed by atoms with van der Waals surface area (Å²) < 4.78 is -0.197. The van der Waals surface area contributed by atoms with E-state index in [2.05, 4.69) is 302 Å². The molecule has 6 atom stereocenters. The zero-order valence-electron chi connectivity index (χ0n) is 51.8. The third-order valence-corrected chi connectivity index (χ3v) is 28.1. The molecule has 3 aliphatic heterocycles. The fraction of sp³-hybridized carbons (Fsp3) is 0.293. The highest BCUT2D eigenvalue weighted by Gasteiger charge is 2.63. The lowest BCUT2D eigenvalue weighted by atomic mass is 9.71. The molecular weight excluding hydrogens is 1120 g/mol. The number of hydrogen-bond acceptors (Lipinski definition) is 6. The van der Waals surface area contributed by atoms with Crippen molar-refractivity contribution < 1.29 is 0 Å². The summed E-state index contributed by atoms with van der Waals surface area (Å²) >= 11 is 6.29. The van der Waals surface area contributed by atoms with E-state index in [1.54, 1.807) is 0 Å². The topological polar surface area (TPSA) is 9.72 Å². The molecule has 0 aromatic heterocycles. The van der Waals surface area contributed by atoms with E-state index in [1.807, 2.05) is 0 Å². The molecule has 88 heavy (non-hydrogen) atoms. The van der Waals surface area contributed by atoms with Crippen LogP contribution in [-0.4, -0.2) is 35.4 Å². The normalized spacial score (nSPS) is 26.1. The third-order valence-electron chi connectivity index (χ3n) is 23.4. The largest absolute Gasteiger partial charge is 0.334 e. The van der Waals surface area contributed by atoms with Gasteiger partial charge in [0, 0.05) is 34.1 Å². The summed E-state index contributed by atoms with van der Waals surface area (Å²) in [7, 11) is 0. The van der Waals surface area contributed by atoms with Crippen LogP contribution in [0.25, 0.3) is 76.8 Å².